The second kappa shape index (κ2) is 7.72. The zero-order valence-electron chi connectivity index (χ0n) is 15.9. The Hall–Kier alpha value is -2.79. The summed E-state index contributed by atoms with van der Waals surface area (Å²) in [4.78, 5) is 28.5. The van der Waals surface area contributed by atoms with Crippen molar-refractivity contribution in [1.82, 2.24) is 4.90 Å². The van der Waals surface area contributed by atoms with E-state index >= 15 is 0 Å². The fraction of sp³-hybridized carbons (Fsp3) is 0.0833. The molecule has 154 valence electrons. The first-order chi connectivity index (χ1) is 15.0. The van der Waals surface area contributed by atoms with Crippen LogP contribution in [0.25, 0.3) is 11.0 Å². The zero-order chi connectivity index (χ0) is 21.7. The van der Waals surface area contributed by atoms with Crippen LogP contribution in [0.5, 0.6) is 0 Å². The number of benzene rings is 3. The lowest BCUT2D eigenvalue weighted by molar-refractivity contribution is 0.0714. The molecular formula is C24H14Cl3NO3. The van der Waals surface area contributed by atoms with Gasteiger partial charge in [-0.05, 0) is 41.5 Å². The van der Waals surface area contributed by atoms with E-state index in [-0.39, 0.29) is 29.2 Å². The molecule has 4 nitrogen and oxygen atoms in total. The minimum atomic E-state index is -0.686. The Morgan fingerprint density at radius 2 is 1.58 bits per heavy atom. The predicted molar refractivity (Wildman–Crippen MR) is 122 cm³/mol. The molecule has 0 N–H and O–H groups in total. The normalized spacial score (nSPS) is 15.5. The average Bonchev–Trinajstić information content (AvgIpc) is 3.04. The highest BCUT2D eigenvalue weighted by atomic mass is 35.5. The Bertz CT molecular complexity index is 1410. The summed E-state index contributed by atoms with van der Waals surface area (Å²) < 4.78 is 5.92. The Morgan fingerprint density at radius 3 is 2.35 bits per heavy atom. The van der Waals surface area contributed by atoms with Crippen molar-refractivity contribution in [3.05, 3.63) is 114 Å². The molecule has 0 radical (unpaired) electrons. The fourth-order valence-corrected chi connectivity index (χ4v) is 4.47. The van der Waals surface area contributed by atoms with Gasteiger partial charge in [-0.3, -0.25) is 9.59 Å². The van der Waals surface area contributed by atoms with Crippen molar-refractivity contribution in [2.75, 3.05) is 0 Å². The molecule has 5 rings (SSSR count). The van der Waals surface area contributed by atoms with Gasteiger partial charge in [-0.2, -0.15) is 0 Å². The molecule has 0 spiro atoms. The maximum atomic E-state index is 13.4. The minimum Gasteiger partial charge on any atom is -0.450 e. The molecule has 2 heterocycles. The van der Waals surface area contributed by atoms with Gasteiger partial charge in [0.15, 0.2) is 5.43 Å². The monoisotopic (exact) mass is 469 g/mol. The second-order valence-electron chi connectivity index (χ2n) is 7.27. The van der Waals surface area contributed by atoms with Gasteiger partial charge < -0.3 is 9.32 Å². The smallest absolute Gasteiger partial charge is 0.291 e. The highest BCUT2D eigenvalue weighted by Crippen LogP contribution is 2.41. The highest BCUT2D eigenvalue weighted by Gasteiger charge is 2.43. The summed E-state index contributed by atoms with van der Waals surface area (Å²) in [5.74, 6) is -0.347. The first-order valence-electron chi connectivity index (χ1n) is 9.51. The largest absolute Gasteiger partial charge is 0.450 e. The lowest BCUT2D eigenvalue weighted by atomic mass is 9.98. The summed E-state index contributed by atoms with van der Waals surface area (Å²) in [6.45, 7) is 0.198. The van der Waals surface area contributed by atoms with E-state index in [2.05, 4.69) is 0 Å². The molecule has 0 fully saturated rings. The second-order valence-corrected chi connectivity index (χ2v) is 8.49. The Morgan fingerprint density at radius 1 is 0.839 bits per heavy atom. The van der Waals surface area contributed by atoms with Crippen LogP contribution in [0.3, 0.4) is 0 Å². The van der Waals surface area contributed by atoms with Crippen LogP contribution in [0.4, 0.5) is 0 Å². The standard InChI is InChI=1S/C24H14Cl3NO3/c25-16-7-3-1-5-14(16)12-28-21(13-9-10-17(26)18(27)11-13)20-22(29)15-6-2-4-8-19(15)31-23(20)24(28)30/h1-11,21H,12H2. The number of carbonyl (C=O) groups is 1. The van der Waals surface area contributed by atoms with Gasteiger partial charge in [-0.1, -0.05) is 71.2 Å². The van der Waals surface area contributed by atoms with Crippen LogP contribution in [0.15, 0.2) is 75.9 Å². The van der Waals surface area contributed by atoms with Crippen molar-refractivity contribution >= 4 is 51.7 Å². The third-order valence-corrected chi connectivity index (χ3v) is 6.54. The van der Waals surface area contributed by atoms with Crippen molar-refractivity contribution in [3.63, 3.8) is 0 Å². The number of fused-ring (bicyclic) bond motifs is 2. The van der Waals surface area contributed by atoms with E-state index in [1.165, 1.54) is 0 Å². The van der Waals surface area contributed by atoms with E-state index in [4.69, 9.17) is 39.2 Å². The molecule has 0 bridgehead atoms. The van der Waals surface area contributed by atoms with Crippen LogP contribution in [0.2, 0.25) is 15.1 Å². The van der Waals surface area contributed by atoms with Gasteiger partial charge in [0.05, 0.1) is 27.0 Å². The molecule has 1 atom stereocenters. The lowest BCUT2D eigenvalue weighted by Gasteiger charge is -2.26. The number of hydrogen-bond donors (Lipinski definition) is 0. The third-order valence-electron chi connectivity index (χ3n) is 5.43. The summed E-state index contributed by atoms with van der Waals surface area (Å²) in [6.07, 6.45) is 0. The summed E-state index contributed by atoms with van der Waals surface area (Å²) >= 11 is 18.7. The third kappa shape index (κ3) is 3.32. The molecule has 3 aromatic carbocycles. The van der Waals surface area contributed by atoms with Crippen molar-refractivity contribution in [3.8, 4) is 0 Å². The maximum Gasteiger partial charge on any atom is 0.291 e. The molecule has 0 saturated heterocycles. The molecule has 1 unspecified atom stereocenters. The van der Waals surface area contributed by atoms with Gasteiger partial charge >= 0.3 is 0 Å². The molecule has 7 heteroatoms. The number of hydrogen-bond acceptors (Lipinski definition) is 3. The topological polar surface area (TPSA) is 50.5 Å². The van der Waals surface area contributed by atoms with Gasteiger partial charge in [-0.15, -0.1) is 0 Å². The molecule has 0 saturated carbocycles. The van der Waals surface area contributed by atoms with Crippen molar-refractivity contribution < 1.29 is 9.21 Å². The lowest BCUT2D eigenvalue weighted by Crippen LogP contribution is -2.29. The quantitative estimate of drug-likeness (QED) is 0.343. The average molecular weight is 471 g/mol. The van der Waals surface area contributed by atoms with Crippen LogP contribution in [0.1, 0.15) is 33.3 Å². The maximum absolute atomic E-state index is 13.4. The van der Waals surface area contributed by atoms with Gasteiger partial charge in [0, 0.05) is 11.6 Å². The molecule has 1 amide bonds. The van der Waals surface area contributed by atoms with Gasteiger partial charge in [0.25, 0.3) is 5.91 Å². The van der Waals surface area contributed by atoms with Crippen LogP contribution >= 0.6 is 34.8 Å². The van der Waals surface area contributed by atoms with E-state index in [0.717, 1.165) is 5.56 Å². The summed E-state index contributed by atoms with van der Waals surface area (Å²) in [6, 6.07) is 18.6. The first-order valence-corrected chi connectivity index (χ1v) is 10.6. The number of halogens is 3. The molecule has 0 aliphatic carbocycles. The van der Waals surface area contributed by atoms with Gasteiger partial charge in [-0.25, -0.2) is 0 Å². The Kier molecular flexibility index (Phi) is 5.01. The van der Waals surface area contributed by atoms with Gasteiger partial charge in [0.1, 0.15) is 5.58 Å². The van der Waals surface area contributed by atoms with Gasteiger partial charge in [0.2, 0.25) is 5.76 Å². The van der Waals surface area contributed by atoms with E-state index in [1.54, 1.807) is 53.4 Å². The molecular weight excluding hydrogens is 457 g/mol. The molecule has 1 aliphatic heterocycles. The number of amides is 1. The van der Waals surface area contributed by atoms with E-state index < -0.39 is 6.04 Å². The van der Waals surface area contributed by atoms with Crippen LogP contribution in [0, 0.1) is 0 Å². The number of carbonyl (C=O) groups excluding carboxylic acids is 1. The Balaban J connectivity index is 1.75. The van der Waals surface area contributed by atoms with E-state index in [1.807, 2.05) is 18.2 Å². The number of rotatable bonds is 3. The van der Waals surface area contributed by atoms with Crippen LogP contribution in [-0.4, -0.2) is 10.8 Å². The molecule has 1 aromatic heterocycles. The molecule has 4 aromatic rings. The van der Waals surface area contributed by atoms with E-state index in [9.17, 15) is 9.59 Å². The fourth-order valence-electron chi connectivity index (χ4n) is 3.97. The van der Waals surface area contributed by atoms with Crippen LogP contribution in [-0.2, 0) is 6.54 Å². The highest BCUT2D eigenvalue weighted by molar-refractivity contribution is 6.42. The summed E-state index contributed by atoms with van der Waals surface area (Å²) in [7, 11) is 0. The summed E-state index contributed by atoms with van der Waals surface area (Å²) in [5, 5.41) is 1.67. The Labute approximate surface area is 192 Å². The van der Waals surface area contributed by atoms with E-state index in [0.29, 0.717) is 31.6 Å². The van der Waals surface area contributed by atoms with Crippen molar-refractivity contribution in [2.24, 2.45) is 0 Å². The number of para-hydroxylation sites is 1. The van der Waals surface area contributed by atoms with Crippen LogP contribution < -0.4 is 5.43 Å². The van der Waals surface area contributed by atoms with Crippen molar-refractivity contribution in [1.29, 1.82) is 0 Å². The minimum absolute atomic E-state index is 0.0341. The summed E-state index contributed by atoms with van der Waals surface area (Å²) in [5.41, 5.74) is 1.83. The predicted octanol–water partition coefficient (Wildman–Crippen LogP) is 6.50. The first kappa shape index (κ1) is 20.1. The zero-order valence-corrected chi connectivity index (χ0v) is 18.2. The SMILES string of the molecule is O=C1c2oc3ccccc3c(=O)c2C(c2ccc(Cl)c(Cl)c2)N1Cc1ccccc1Cl. The number of nitrogens with zero attached hydrogens (tertiary/aromatic N) is 1. The molecule has 1 aliphatic rings. The molecule has 31 heavy (non-hydrogen) atoms. The van der Waals surface area contributed by atoms with Crippen molar-refractivity contribution in [2.45, 2.75) is 12.6 Å².